The molecule has 0 aliphatic rings. The highest BCUT2D eigenvalue weighted by Crippen LogP contribution is 2.20. The molecule has 0 nitrogen and oxygen atoms in total. The summed E-state index contributed by atoms with van der Waals surface area (Å²) in [5.41, 5.74) is 2.58. The summed E-state index contributed by atoms with van der Waals surface area (Å²) in [6.45, 7) is 4.40. The fourth-order valence-electron chi connectivity index (χ4n) is 1.10. The van der Waals surface area contributed by atoms with E-state index in [1.807, 2.05) is 6.08 Å². The van der Waals surface area contributed by atoms with Crippen LogP contribution in [0.2, 0.25) is 0 Å². The first-order valence-electron chi connectivity index (χ1n) is 4.22. The van der Waals surface area contributed by atoms with Gasteiger partial charge in [0, 0.05) is 0 Å². The molecule has 0 radical (unpaired) electrons. The van der Waals surface area contributed by atoms with E-state index in [2.05, 4.69) is 70.0 Å². The molecule has 0 bridgehead atoms. The number of rotatable bonds is 2. The van der Waals surface area contributed by atoms with Crippen molar-refractivity contribution in [2.24, 2.45) is 0 Å². The number of halogens is 2. The molecule has 0 aliphatic carbocycles. The summed E-state index contributed by atoms with van der Waals surface area (Å²) in [4.78, 5) is 0. The maximum Gasteiger partial charge on any atom is 0.0610 e. The third-order valence-electron chi connectivity index (χ3n) is 1.88. The number of benzene rings is 1. The molecule has 1 aromatic carbocycles. The fourth-order valence-corrected chi connectivity index (χ4v) is 1.63. The normalized spacial score (nSPS) is 10.2. The zero-order valence-corrected chi connectivity index (χ0v) is 10.9. The summed E-state index contributed by atoms with van der Waals surface area (Å²) in [5.74, 6) is 0.602. The second-order valence-electron chi connectivity index (χ2n) is 3.26. The predicted octanol–water partition coefficient (Wildman–Crippen LogP) is 4.90. The van der Waals surface area contributed by atoms with E-state index in [0.717, 1.165) is 3.39 Å². The Morgan fingerprint density at radius 2 is 1.69 bits per heavy atom. The minimum absolute atomic E-state index is 0.602. The summed E-state index contributed by atoms with van der Waals surface area (Å²) in [6.07, 6.45) is 2.03. The molecular formula is C11H12Br2. The van der Waals surface area contributed by atoms with Crippen LogP contribution in [0.25, 0.3) is 6.08 Å². The van der Waals surface area contributed by atoms with Gasteiger partial charge in [0.1, 0.15) is 0 Å². The van der Waals surface area contributed by atoms with E-state index in [9.17, 15) is 0 Å². The topological polar surface area (TPSA) is 0 Å². The molecule has 0 unspecified atom stereocenters. The maximum atomic E-state index is 3.34. The molecule has 0 heterocycles. The van der Waals surface area contributed by atoms with Crippen molar-refractivity contribution in [2.75, 3.05) is 0 Å². The lowest BCUT2D eigenvalue weighted by atomic mass is 10.0. The standard InChI is InChI=1S/C11H12Br2/c1-8(2)10-5-3-9(4-6-10)7-11(12)13/h3-8H,1-2H3. The summed E-state index contributed by atoms with van der Waals surface area (Å²) in [5, 5.41) is 0. The summed E-state index contributed by atoms with van der Waals surface area (Å²) in [7, 11) is 0. The number of hydrogen-bond acceptors (Lipinski definition) is 0. The first-order chi connectivity index (χ1) is 6.09. The van der Waals surface area contributed by atoms with Gasteiger partial charge in [-0.15, -0.1) is 0 Å². The average Bonchev–Trinajstić information content (AvgIpc) is 2.04. The Hall–Kier alpha value is -0.0800. The molecule has 2 heteroatoms. The molecule has 0 aromatic heterocycles. The van der Waals surface area contributed by atoms with Crippen LogP contribution in [0, 0.1) is 0 Å². The zero-order chi connectivity index (χ0) is 9.84. The van der Waals surface area contributed by atoms with Crippen LogP contribution in [0.1, 0.15) is 30.9 Å². The molecule has 0 saturated carbocycles. The monoisotopic (exact) mass is 302 g/mol. The molecule has 1 aromatic rings. The van der Waals surface area contributed by atoms with E-state index >= 15 is 0 Å². The second-order valence-corrected chi connectivity index (χ2v) is 6.03. The summed E-state index contributed by atoms with van der Waals surface area (Å²) < 4.78 is 0.970. The second kappa shape index (κ2) is 4.97. The molecule has 0 spiro atoms. The van der Waals surface area contributed by atoms with Gasteiger partial charge in [-0.2, -0.15) is 0 Å². The lowest BCUT2D eigenvalue weighted by Gasteiger charge is -2.04. The van der Waals surface area contributed by atoms with Crippen LogP contribution in [-0.2, 0) is 0 Å². The predicted molar refractivity (Wildman–Crippen MR) is 66.4 cm³/mol. The molecule has 0 saturated heterocycles. The van der Waals surface area contributed by atoms with E-state index in [1.54, 1.807) is 0 Å². The van der Waals surface area contributed by atoms with Gasteiger partial charge in [0.25, 0.3) is 0 Å². The van der Waals surface area contributed by atoms with Gasteiger partial charge in [-0.05, 0) is 55.0 Å². The van der Waals surface area contributed by atoms with Crippen LogP contribution >= 0.6 is 31.9 Å². The highest BCUT2D eigenvalue weighted by molar-refractivity contribution is 9.28. The van der Waals surface area contributed by atoms with Gasteiger partial charge >= 0.3 is 0 Å². The van der Waals surface area contributed by atoms with Crippen LogP contribution in [0.3, 0.4) is 0 Å². The van der Waals surface area contributed by atoms with Crippen molar-refractivity contribution < 1.29 is 0 Å². The van der Waals surface area contributed by atoms with Crippen molar-refractivity contribution in [1.82, 2.24) is 0 Å². The smallest absolute Gasteiger partial charge is 0.0587 e. The fraction of sp³-hybridized carbons (Fsp3) is 0.273. The summed E-state index contributed by atoms with van der Waals surface area (Å²) in [6, 6.07) is 8.58. The van der Waals surface area contributed by atoms with E-state index in [4.69, 9.17) is 0 Å². The Labute approximate surface area is 96.3 Å². The molecule has 1 rings (SSSR count). The van der Waals surface area contributed by atoms with Crippen LogP contribution in [-0.4, -0.2) is 0 Å². The molecule has 0 N–H and O–H groups in total. The molecular weight excluding hydrogens is 292 g/mol. The molecule has 0 amide bonds. The highest BCUT2D eigenvalue weighted by Gasteiger charge is 1.97. The van der Waals surface area contributed by atoms with Gasteiger partial charge < -0.3 is 0 Å². The zero-order valence-electron chi connectivity index (χ0n) is 7.72. The van der Waals surface area contributed by atoms with Crippen LogP contribution < -0.4 is 0 Å². The van der Waals surface area contributed by atoms with Gasteiger partial charge in [0.2, 0.25) is 0 Å². The van der Waals surface area contributed by atoms with Crippen molar-refractivity contribution in [1.29, 1.82) is 0 Å². The maximum absolute atomic E-state index is 3.34. The van der Waals surface area contributed by atoms with Gasteiger partial charge in [-0.3, -0.25) is 0 Å². The molecule has 70 valence electrons. The first-order valence-corrected chi connectivity index (χ1v) is 5.81. The Morgan fingerprint density at radius 1 is 1.15 bits per heavy atom. The SMILES string of the molecule is CC(C)c1ccc(C=C(Br)Br)cc1. The highest BCUT2D eigenvalue weighted by atomic mass is 79.9. The Kier molecular flexibility index (Phi) is 4.20. The van der Waals surface area contributed by atoms with Gasteiger partial charge in [-0.1, -0.05) is 38.1 Å². The van der Waals surface area contributed by atoms with Crippen molar-refractivity contribution in [3.05, 3.63) is 38.8 Å². The molecule has 0 atom stereocenters. The largest absolute Gasteiger partial charge is 0.0610 e. The first kappa shape index (κ1) is 11.0. The van der Waals surface area contributed by atoms with Crippen molar-refractivity contribution in [3.8, 4) is 0 Å². The Morgan fingerprint density at radius 3 is 2.08 bits per heavy atom. The quantitative estimate of drug-likeness (QED) is 0.729. The minimum Gasteiger partial charge on any atom is -0.0587 e. The lowest BCUT2D eigenvalue weighted by Crippen LogP contribution is -1.85. The Balaban J connectivity index is 2.88. The molecule has 13 heavy (non-hydrogen) atoms. The average molecular weight is 304 g/mol. The third kappa shape index (κ3) is 3.65. The third-order valence-corrected chi connectivity index (χ3v) is 2.34. The molecule has 0 aliphatic heterocycles. The minimum atomic E-state index is 0.602. The van der Waals surface area contributed by atoms with Crippen LogP contribution in [0.15, 0.2) is 27.7 Å². The van der Waals surface area contributed by atoms with E-state index in [0.29, 0.717) is 5.92 Å². The van der Waals surface area contributed by atoms with E-state index in [1.165, 1.54) is 11.1 Å². The van der Waals surface area contributed by atoms with E-state index in [-0.39, 0.29) is 0 Å². The van der Waals surface area contributed by atoms with Gasteiger partial charge in [0.15, 0.2) is 0 Å². The number of hydrogen-bond donors (Lipinski definition) is 0. The van der Waals surface area contributed by atoms with E-state index < -0.39 is 0 Å². The van der Waals surface area contributed by atoms with Crippen molar-refractivity contribution in [2.45, 2.75) is 19.8 Å². The van der Waals surface area contributed by atoms with Crippen LogP contribution in [0.4, 0.5) is 0 Å². The van der Waals surface area contributed by atoms with Gasteiger partial charge in [-0.25, -0.2) is 0 Å². The summed E-state index contributed by atoms with van der Waals surface area (Å²) >= 11 is 6.67. The van der Waals surface area contributed by atoms with Gasteiger partial charge in [0.05, 0.1) is 3.39 Å². The lowest BCUT2D eigenvalue weighted by molar-refractivity contribution is 0.866. The van der Waals surface area contributed by atoms with Crippen molar-refractivity contribution >= 4 is 37.9 Å². The molecule has 0 fully saturated rings. The van der Waals surface area contributed by atoms with Crippen LogP contribution in [0.5, 0.6) is 0 Å². The van der Waals surface area contributed by atoms with Crippen molar-refractivity contribution in [3.63, 3.8) is 0 Å². The Bertz CT molecular complexity index is 292.